The molecule has 3 rings (SSSR count). The monoisotopic (exact) mass is 305 g/mol. The van der Waals surface area contributed by atoms with Gasteiger partial charge in [-0.15, -0.1) is 11.6 Å². The summed E-state index contributed by atoms with van der Waals surface area (Å²) in [6.07, 6.45) is 3.96. The highest BCUT2D eigenvalue weighted by Gasteiger charge is 2.16. The quantitative estimate of drug-likeness (QED) is 0.675. The maximum absolute atomic E-state index is 6.30. The molecule has 104 valence electrons. The van der Waals surface area contributed by atoms with Crippen LogP contribution in [0.3, 0.4) is 0 Å². The molecule has 0 spiro atoms. The van der Waals surface area contributed by atoms with E-state index < -0.39 is 0 Å². The van der Waals surface area contributed by atoms with Crippen molar-refractivity contribution in [2.24, 2.45) is 0 Å². The topological polar surface area (TPSA) is 30.7 Å². The SMILES string of the molecule is CSCCn1c(C(C)Cl)nc2cnc3ccccc3c21. The average molecular weight is 306 g/mol. The Labute approximate surface area is 127 Å². The number of aromatic nitrogens is 3. The number of benzene rings is 1. The second-order valence-corrected chi connectivity index (χ2v) is 6.38. The molecule has 1 aromatic carbocycles. The molecule has 0 bridgehead atoms. The molecular weight excluding hydrogens is 290 g/mol. The Bertz CT molecular complexity index is 751. The number of alkyl halides is 1. The van der Waals surface area contributed by atoms with Crippen LogP contribution in [0.2, 0.25) is 0 Å². The smallest absolute Gasteiger partial charge is 0.127 e. The van der Waals surface area contributed by atoms with Crippen LogP contribution in [0.5, 0.6) is 0 Å². The molecule has 0 aliphatic carbocycles. The van der Waals surface area contributed by atoms with E-state index >= 15 is 0 Å². The summed E-state index contributed by atoms with van der Waals surface area (Å²) >= 11 is 8.13. The van der Waals surface area contributed by atoms with Gasteiger partial charge in [-0.25, -0.2) is 4.98 Å². The third kappa shape index (κ3) is 2.27. The zero-order valence-corrected chi connectivity index (χ0v) is 13.1. The molecule has 0 aliphatic rings. The molecule has 1 unspecified atom stereocenters. The molecular formula is C15H16ClN3S. The van der Waals surface area contributed by atoms with Crippen LogP contribution in [-0.2, 0) is 6.54 Å². The Kier molecular flexibility index (Phi) is 3.85. The maximum Gasteiger partial charge on any atom is 0.127 e. The van der Waals surface area contributed by atoms with Gasteiger partial charge in [-0.2, -0.15) is 11.8 Å². The molecule has 3 aromatic rings. The summed E-state index contributed by atoms with van der Waals surface area (Å²) in [5, 5.41) is 1.03. The fourth-order valence-corrected chi connectivity index (χ4v) is 3.02. The van der Waals surface area contributed by atoms with Crippen molar-refractivity contribution in [3.05, 3.63) is 36.3 Å². The number of hydrogen-bond donors (Lipinski definition) is 0. The van der Waals surface area contributed by atoms with Crippen LogP contribution in [0, 0.1) is 0 Å². The Balaban J connectivity index is 2.33. The van der Waals surface area contributed by atoms with Gasteiger partial charge < -0.3 is 4.57 Å². The van der Waals surface area contributed by atoms with Crippen molar-refractivity contribution in [2.45, 2.75) is 18.8 Å². The van der Waals surface area contributed by atoms with Gasteiger partial charge in [0.15, 0.2) is 0 Å². The third-order valence-electron chi connectivity index (χ3n) is 3.38. The number of halogens is 1. The molecule has 0 amide bonds. The summed E-state index contributed by atoms with van der Waals surface area (Å²) in [7, 11) is 0. The lowest BCUT2D eigenvalue weighted by Gasteiger charge is -2.10. The van der Waals surface area contributed by atoms with Gasteiger partial charge in [0.1, 0.15) is 11.3 Å². The number of imidazole rings is 1. The molecule has 2 heterocycles. The van der Waals surface area contributed by atoms with E-state index in [0.717, 1.165) is 40.1 Å². The predicted octanol–water partition coefficient (Wildman–Crippen LogP) is 4.25. The number of rotatable bonds is 4. The van der Waals surface area contributed by atoms with E-state index in [-0.39, 0.29) is 5.38 Å². The summed E-state index contributed by atoms with van der Waals surface area (Å²) in [6, 6.07) is 8.18. The molecule has 2 aromatic heterocycles. The predicted molar refractivity (Wildman–Crippen MR) is 87.7 cm³/mol. The lowest BCUT2D eigenvalue weighted by Crippen LogP contribution is -2.06. The summed E-state index contributed by atoms with van der Waals surface area (Å²) in [5.74, 6) is 1.97. The number of aryl methyl sites for hydroxylation is 1. The van der Waals surface area contributed by atoms with Gasteiger partial charge >= 0.3 is 0 Å². The molecule has 20 heavy (non-hydrogen) atoms. The van der Waals surface area contributed by atoms with Crippen LogP contribution in [0.1, 0.15) is 18.1 Å². The van der Waals surface area contributed by atoms with Crippen molar-refractivity contribution >= 4 is 45.3 Å². The number of nitrogens with zero attached hydrogens (tertiary/aromatic N) is 3. The van der Waals surface area contributed by atoms with Gasteiger partial charge in [0.2, 0.25) is 0 Å². The molecule has 0 aliphatic heterocycles. The Hall–Kier alpha value is -1.26. The zero-order valence-electron chi connectivity index (χ0n) is 11.5. The molecule has 5 heteroatoms. The molecule has 3 nitrogen and oxygen atoms in total. The lowest BCUT2D eigenvalue weighted by molar-refractivity contribution is 0.725. The Morgan fingerprint density at radius 1 is 1.30 bits per heavy atom. The van der Waals surface area contributed by atoms with Crippen molar-refractivity contribution in [2.75, 3.05) is 12.0 Å². The van der Waals surface area contributed by atoms with E-state index in [0.29, 0.717) is 0 Å². The largest absolute Gasteiger partial charge is 0.325 e. The molecule has 0 fully saturated rings. The van der Waals surface area contributed by atoms with Crippen molar-refractivity contribution in [3.63, 3.8) is 0 Å². The van der Waals surface area contributed by atoms with Gasteiger partial charge in [0, 0.05) is 17.7 Å². The lowest BCUT2D eigenvalue weighted by atomic mass is 10.2. The number of pyridine rings is 1. The standard InChI is InChI=1S/C15H16ClN3S/c1-10(16)15-18-13-9-17-12-6-4-3-5-11(12)14(13)19(15)7-8-20-2/h3-6,9-10H,7-8H2,1-2H3. The molecule has 0 saturated heterocycles. The minimum absolute atomic E-state index is 0.108. The fraction of sp³-hybridized carbons (Fsp3) is 0.333. The number of hydrogen-bond acceptors (Lipinski definition) is 3. The highest BCUT2D eigenvalue weighted by Crippen LogP contribution is 2.29. The minimum atomic E-state index is -0.108. The van der Waals surface area contributed by atoms with E-state index in [1.54, 1.807) is 0 Å². The second-order valence-electron chi connectivity index (χ2n) is 4.74. The highest BCUT2D eigenvalue weighted by atomic mass is 35.5. The van der Waals surface area contributed by atoms with Gasteiger partial charge in [-0.1, -0.05) is 18.2 Å². The fourth-order valence-electron chi connectivity index (χ4n) is 2.49. The molecule has 0 radical (unpaired) electrons. The van der Waals surface area contributed by atoms with Crippen LogP contribution in [0.25, 0.3) is 21.9 Å². The van der Waals surface area contributed by atoms with Crippen molar-refractivity contribution in [1.82, 2.24) is 14.5 Å². The summed E-state index contributed by atoms with van der Waals surface area (Å²) in [4.78, 5) is 9.15. The number of fused-ring (bicyclic) bond motifs is 3. The first-order valence-corrected chi connectivity index (χ1v) is 8.42. The second kappa shape index (κ2) is 5.62. The van der Waals surface area contributed by atoms with Gasteiger partial charge in [-0.05, 0) is 19.2 Å². The van der Waals surface area contributed by atoms with Crippen LogP contribution < -0.4 is 0 Å². The van der Waals surface area contributed by atoms with Crippen molar-refractivity contribution in [1.29, 1.82) is 0 Å². The van der Waals surface area contributed by atoms with Gasteiger partial charge in [0.05, 0.1) is 22.6 Å². The van der Waals surface area contributed by atoms with Gasteiger partial charge in [0.25, 0.3) is 0 Å². The van der Waals surface area contributed by atoms with Crippen molar-refractivity contribution in [3.8, 4) is 0 Å². The van der Waals surface area contributed by atoms with Gasteiger partial charge in [-0.3, -0.25) is 4.98 Å². The summed E-state index contributed by atoms with van der Waals surface area (Å²) < 4.78 is 2.24. The number of thioether (sulfide) groups is 1. The van der Waals surface area contributed by atoms with E-state index in [1.807, 2.05) is 43.1 Å². The van der Waals surface area contributed by atoms with E-state index in [4.69, 9.17) is 11.6 Å². The zero-order chi connectivity index (χ0) is 14.1. The van der Waals surface area contributed by atoms with Crippen LogP contribution in [0.4, 0.5) is 0 Å². The normalized spacial score (nSPS) is 13.2. The molecule has 0 N–H and O–H groups in total. The van der Waals surface area contributed by atoms with Crippen LogP contribution in [0.15, 0.2) is 30.5 Å². The summed E-state index contributed by atoms with van der Waals surface area (Å²) in [6.45, 7) is 2.88. The number of para-hydroxylation sites is 1. The highest BCUT2D eigenvalue weighted by molar-refractivity contribution is 7.98. The summed E-state index contributed by atoms with van der Waals surface area (Å²) in [5.41, 5.74) is 3.07. The first kappa shape index (κ1) is 13.7. The third-order valence-corrected chi connectivity index (χ3v) is 4.17. The Morgan fingerprint density at radius 2 is 2.10 bits per heavy atom. The Morgan fingerprint density at radius 3 is 2.85 bits per heavy atom. The van der Waals surface area contributed by atoms with E-state index in [9.17, 15) is 0 Å². The first-order valence-electron chi connectivity index (χ1n) is 6.59. The molecule has 0 saturated carbocycles. The molecule has 1 atom stereocenters. The first-order chi connectivity index (χ1) is 9.72. The van der Waals surface area contributed by atoms with Crippen LogP contribution >= 0.6 is 23.4 Å². The van der Waals surface area contributed by atoms with E-state index in [1.165, 1.54) is 0 Å². The van der Waals surface area contributed by atoms with Crippen molar-refractivity contribution < 1.29 is 0 Å². The minimum Gasteiger partial charge on any atom is -0.325 e. The van der Waals surface area contributed by atoms with Crippen LogP contribution in [-0.4, -0.2) is 26.5 Å². The maximum atomic E-state index is 6.30. The average Bonchev–Trinajstić information content (AvgIpc) is 2.84. The van der Waals surface area contributed by atoms with E-state index in [2.05, 4.69) is 26.9 Å².